The number of anilines is 1. The SMILES string of the molecule is O=C(Nc1cc(C(F)(F)F)ccc1OC1COC1)N[C@H]1CC[C@H](OCc2cccnc2)CC1. The van der Waals surface area contributed by atoms with Crippen molar-refractivity contribution >= 4 is 11.7 Å². The van der Waals surface area contributed by atoms with Crippen LogP contribution in [0.25, 0.3) is 0 Å². The minimum atomic E-state index is -4.53. The van der Waals surface area contributed by atoms with Crippen LogP contribution < -0.4 is 15.4 Å². The van der Waals surface area contributed by atoms with Crippen molar-refractivity contribution in [3.05, 3.63) is 53.9 Å². The molecule has 2 fully saturated rings. The van der Waals surface area contributed by atoms with Crippen LogP contribution in [0.2, 0.25) is 0 Å². The van der Waals surface area contributed by atoms with Gasteiger partial charge in [-0.3, -0.25) is 4.98 Å². The van der Waals surface area contributed by atoms with Crippen LogP contribution in [0.1, 0.15) is 36.8 Å². The Balaban J connectivity index is 1.29. The summed E-state index contributed by atoms with van der Waals surface area (Å²) in [6, 6.07) is 6.21. The van der Waals surface area contributed by atoms with E-state index in [1.54, 1.807) is 12.4 Å². The van der Waals surface area contributed by atoms with Crippen molar-refractivity contribution in [1.29, 1.82) is 0 Å². The van der Waals surface area contributed by atoms with Crippen LogP contribution in [0, 0.1) is 0 Å². The van der Waals surface area contributed by atoms with E-state index in [0.717, 1.165) is 43.4 Å². The molecule has 0 atom stereocenters. The monoisotopic (exact) mass is 465 g/mol. The maximum absolute atomic E-state index is 13.2. The number of rotatable bonds is 7. The third-order valence-corrected chi connectivity index (χ3v) is 5.67. The average molecular weight is 465 g/mol. The predicted molar refractivity (Wildman–Crippen MR) is 114 cm³/mol. The maximum atomic E-state index is 13.2. The minimum absolute atomic E-state index is 0.0253. The first kappa shape index (κ1) is 23.3. The summed E-state index contributed by atoms with van der Waals surface area (Å²) >= 11 is 0. The summed E-state index contributed by atoms with van der Waals surface area (Å²) < 4.78 is 56.1. The summed E-state index contributed by atoms with van der Waals surface area (Å²) in [4.78, 5) is 16.6. The average Bonchev–Trinajstić information content (AvgIpc) is 2.76. The van der Waals surface area contributed by atoms with Gasteiger partial charge < -0.3 is 24.8 Å². The van der Waals surface area contributed by atoms with E-state index in [1.807, 2.05) is 12.1 Å². The second kappa shape index (κ2) is 10.4. The molecule has 0 spiro atoms. The van der Waals surface area contributed by atoms with Gasteiger partial charge in [-0.15, -0.1) is 0 Å². The summed E-state index contributed by atoms with van der Waals surface area (Å²) in [7, 11) is 0. The first-order valence-corrected chi connectivity index (χ1v) is 10.9. The predicted octanol–water partition coefficient (Wildman–Crippen LogP) is 4.53. The van der Waals surface area contributed by atoms with E-state index in [9.17, 15) is 18.0 Å². The molecule has 1 aliphatic heterocycles. The lowest BCUT2D eigenvalue weighted by molar-refractivity contribution is -0.137. The second-order valence-corrected chi connectivity index (χ2v) is 8.23. The molecule has 10 heteroatoms. The molecule has 1 aliphatic carbocycles. The first-order chi connectivity index (χ1) is 15.9. The zero-order valence-corrected chi connectivity index (χ0v) is 17.9. The van der Waals surface area contributed by atoms with Gasteiger partial charge in [-0.1, -0.05) is 6.07 Å². The number of alkyl halides is 3. The number of urea groups is 1. The van der Waals surface area contributed by atoms with Crippen molar-refractivity contribution in [2.24, 2.45) is 0 Å². The van der Waals surface area contributed by atoms with Crippen molar-refractivity contribution in [3.63, 3.8) is 0 Å². The van der Waals surface area contributed by atoms with E-state index in [0.29, 0.717) is 19.8 Å². The van der Waals surface area contributed by atoms with Crippen molar-refractivity contribution in [2.75, 3.05) is 18.5 Å². The highest BCUT2D eigenvalue weighted by atomic mass is 19.4. The van der Waals surface area contributed by atoms with Gasteiger partial charge >= 0.3 is 12.2 Å². The Morgan fingerprint density at radius 2 is 1.91 bits per heavy atom. The maximum Gasteiger partial charge on any atom is 0.416 e. The van der Waals surface area contributed by atoms with Gasteiger partial charge in [0.05, 0.1) is 37.2 Å². The zero-order chi connectivity index (χ0) is 23.3. The molecule has 0 bridgehead atoms. The Bertz CT molecular complexity index is 930. The fourth-order valence-electron chi connectivity index (χ4n) is 3.78. The number of carbonyl (C=O) groups excluding carboxylic acids is 1. The van der Waals surface area contributed by atoms with Gasteiger partial charge in [-0.25, -0.2) is 4.79 Å². The Kier molecular flexibility index (Phi) is 7.34. The van der Waals surface area contributed by atoms with E-state index in [-0.39, 0.29) is 29.7 Å². The van der Waals surface area contributed by atoms with Crippen molar-refractivity contribution in [2.45, 2.75) is 56.7 Å². The van der Waals surface area contributed by atoms with E-state index >= 15 is 0 Å². The number of benzene rings is 1. The lowest BCUT2D eigenvalue weighted by atomic mass is 9.93. The standard InChI is InChI=1S/C23H26F3N3O4/c24-23(25,26)16-3-8-21(33-19-13-31-14-19)20(10-16)29-22(30)28-17-4-6-18(7-5-17)32-12-15-2-1-9-27-11-15/h1-3,8-11,17-19H,4-7,12-14H2,(H2,28,29,30)/t17-,18-. The number of carbonyl (C=O) groups is 1. The fraction of sp³-hybridized carbons (Fsp3) is 0.478. The molecule has 0 radical (unpaired) electrons. The molecule has 2 aliphatic rings. The van der Waals surface area contributed by atoms with Crippen LogP contribution in [-0.2, 0) is 22.3 Å². The molecule has 1 saturated heterocycles. The molecule has 1 saturated carbocycles. The van der Waals surface area contributed by atoms with Crippen LogP contribution in [0.3, 0.4) is 0 Å². The van der Waals surface area contributed by atoms with Gasteiger partial charge in [-0.05, 0) is 55.5 Å². The van der Waals surface area contributed by atoms with E-state index in [4.69, 9.17) is 14.2 Å². The van der Waals surface area contributed by atoms with Crippen molar-refractivity contribution in [3.8, 4) is 5.75 Å². The minimum Gasteiger partial charge on any atom is -0.483 e. The molecule has 2 heterocycles. The first-order valence-electron chi connectivity index (χ1n) is 10.9. The number of hydrogen-bond acceptors (Lipinski definition) is 5. The molecule has 0 unspecified atom stereocenters. The molecule has 1 aromatic heterocycles. The number of pyridine rings is 1. The molecule has 2 aromatic rings. The molecule has 33 heavy (non-hydrogen) atoms. The van der Waals surface area contributed by atoms with Crippen LogP contribution >= 0.6 is 0 Å². The third-order valence-electron chi connectivity index (χ3n) is 5.67. The highest BCUT2D eigenvalue weighted by molar-refractivity contribution is 5.91. The van der Waals surface area contributed by atoms with Crippen molar-refractivity contribution in [1.82, 2.24) is 10.3 Å². The summed E-state index contributed by atoms with van der Waals surface area (Å²) in [6.45, 7) is 1.21. The highest BCUT2D eigenvalue weighted by Gasteiger charge is 2.32. The van der Waals surface area contributed by atoms with Gasteiger partial charge in [-0.2, -0.15) is 13.2 Å². The number of ether oxygens (including phenoxy) is 3. The fourth-order valence-corrected chi connectivity index (χ4v) is 3.78. The van der Waals surface area contributed by atoms with Crippen LogP contribution in [0.15, 0.2) is 42.7 Å². The van der Waals surface area contributed by atoms with Gasteiger partial charge in [0.15, 0.2) is 0 Å². The van der Waals surface area contributed by atoms with Gasteiger partial charge in [0.2, 0.25) is 0 Å². The van der Waals surface area contributed by atoms with Crippen molar-refractivity contribution < 1.29 is 32.2 Å². The van der Waals surface area contributed by atoms with Crippen LogP contribution in [0.5, 0.6) is 5.75 Å². The number of aromatic nitrogens is 1. The van der Waals surface area contributed by atoms with Crippen LogP contribution in [-0.4, -0.2) is 42.5 Å². The zero-order valence-electron chi connectivity index (χ0n) is 17.9. The molecule has 2 N–H and O–H groups in total. The van der Waals surface area contributed by atoms with Gasteiger partial charge in [0.25, 0.3) is 0 Å². The summed E-state index contributed by atoms with van der Waals surface area (Å²) in [6.07, 6.45) is 1.80. The quantitative estimate of drug-likeness (QED) is 0.628. The number of halogens is 3. The van der Waals surface area contributed by atoms with Gasteiger partial charge in [0, 0.05) is 18.4 Å². The molecule has 7 nitrogen and oxygen atoms in total. The molecular formula is C23H26F3N3O4. The van der Waals surface area contributed by atoms with Gasteiger partial charge in [0.1, 0.15) is 11.9 Å². The highest BCUT2D eigenvalue weighted by Crippen LogP contribution is 2.36. The van der Waals surface area contributed by atoms with E-state index in [2.05, 4.69) is 15.6 Å². The molecular weight excluding hydrogens is 439 g/mol. The number of hydrogen-bond donors (Lipinski definition) is 2. The molecule has 1 aromatic carbocycles. The Hall–Kier alpha value is -2.85. The second-order valence-electron chi connectivity index (χ2n) is 8.23. The van der Waals surface area contributed by atoms with E-state index in [1.165, 1.54) is 6.07 Å². The number of amides is 2. The lowest BCUT2D eigenvalue weighted by Gasteiger charge is -2.30. The number of nitrogens with zero attached hydrogens (tertiary/aromatic N) is 1. The molecule has 2 amide bonds. The normalized spacial score (nSPS) is 21.2. The molecule has 4 rings (SSSR count). The van der Waals surface area contributed by atoms with E-state index < -0.39 is 17.8 Å². The largest absolute Gasteiger partial charge is 0.483 e. The Labute approximate surface area is 189 Å². The Morgan fingerprint density at radius 1 is 1.12 bits per heavy atom. The summed E-state index contributed by atoms with van der Waals surface area (Å²) in [5.74, 6) is 0.180. The lowest BCUT2D eigenvalue weighted by Crippen LogP contribution is -2.41. The Morgan fingerprint density at radius 3 is 2.55 bits per heavy atom. The third kappa shape index (κ3) is 6.58. The smallest absolute Gasteiger partial charge is 0.416 e. The summed E-state index contributed by atoms with van der Waals surface area (Å²) in [5, 5.41) is 5.38. The topological polar surface area (TPSA) is 81.7 Å². The summed E-state index contributed by atoms with van der Waals surface area (Å²) in [5.41, 5.74) is 0.119. The molecule has 178 valence electrons. The van der Waals surface area contributed by atoms with Crippen LogP contribution in [0.4, 0.5) is 23.7 Å². The number of nitrogens with one attached hydrogen (secondary N) is 2.